The smallest absolute Gasteiger partial charge is 0.00762 e. The van der Waals surface area contributed by atoms with Crippen LogP contribution in [0.25, 0.3) is 0 Å². The van der Waals surface area contributed by atoms with Crippen LogP contribution in [-0.4, -0.2) is 26.7 Å². The molecule has 0 saturated heterocycles. The molecule has 2 N–H and O–H groups in total. The highest BCUT2D eigenvalue weighted by Crippen LogP contribution is 2.12. The third kappa shape index (κ3) is 23.5. The molecule has 0 aliphatic heterocycles. The van der Waals surface area contributed by atoms with E-state index >= 15 is 0 Å². The minimum absolute atomic E-state index is 0.493. The van der Waals surface area contributed by atoms with Crippen LogP contribution in [0.5, 0.6) is 0 Å². The highest BCUT2D eigenvalue weighted by atomic mass is 14.8. The molecule has 0 amide bonds. The topological polar surface area (TPSA) is 24.1 Å². The molecule has 0 aliphatic carbocycles. The summed E-state index contributed by atoms with van der Waals surface area (Å²) in [4.78, 5) is 0. The molecule has 0 aliphatic rings. The Morgan fingerprint density at radius 1 is 1.00 bits per heavy atom. The number of allylic oxidation sites excluding steroid dienone is 3. The highest BCUT2D eigenvalue weighted by Gasteiger charge is 2.01. The molecule has 0 bridgehead atoms. The molecule has 2 unspecified atom stereocenters. The molecule has 0 aromatic carbocycles. The van der Waals surface area contributed by atoms with Crippen LogP contribution in [-0.2, 0) is 0 Å². The van der Waals surface area contributed by atoms with E-state index in [1.807, 2.05) is 53.9 Å². The van der Waals surface area contributed by atoms with E-state index in [0.717, 1.165) is 18.9 Å². The van der Waals surface area contributed by atoms with Gasteiger partial charge in [0, 0.05) is 6.04 Å². The fraction of sp³-hybridized carbons (Fsp3) is 0.714. The molecule has 2 atom stereocenters. The largest absolute Gasteiger partial charge is 0.319 e. The van der Waals surface area contributed by atoms with Crippen molar-refractivity contribution in [3.8, 4) is 0 Å². The Bertz CT molecular complexity index is 267. The van der Waals surface area contributed by atoms with Crippen molar-refractivity contribution < 1.29 is 0 Å². The van der Waals surface area contributed by atoms with Crippen LogP contribution in [0.1, 0.15) is 68.2 Å². The zero-order chi connectivity index (χ0) is 19.3. The average molecular weight is 327 g/mol. The van der Waals surface area contributed by atoms with Crippen LogP contribution in [0.4, 0.5) is 0 Å². The van der Waals surface area contributed by atoms with Gasteiger partial charge in [0.1, 0.15) is 0 Å². The summed E-state index contributed by atoms with van der Waals surface area (Å²) in [6.07, 6.45) is 6.07. The zero-order valence-electron chi connectivity index (χ0n) is 17.8. The first-order valence-electron chi connectivity index (χ1n) is 9.23. The van der Waals surface area contributed by atoms with E-state index in [0.29, 0.717) is 6.04 Å². The van der Waals surface area contributed by atoms with Crippen LogP contribution in [0, 0.1) is 5.92 Å². The van der Waals surface area contributed by atoms with Crippen LogP contribution in [0.2, 0.25) is 0 Å². The second-order valence-electron chi connectivity index (χ2n) is 5.08. The lowest BCUT2D eigenvalue weighted by molar-refractivity contribution is 0.528. The Balaban J connectivity index is -0.000000140. The molecule has 0 aromatic rings. The summed E-state index contributed by atoms with van der Waals surface area (Å²) >= 11 is 0. The molecule has 0 radical (unpaired) electrons. The number of hydrogen-bond donors (Lipinski definition) is 2. The molecular formula is C21H46N2. The van der Waals surface area contributed by atoms with Crippen LogP contribution >= 0.6 is 0 Å². The lowest BCUT2D eigenvalue weighted by Gasteiger charge is -2.11. The van der Waals surface area contributed by atoms with Gasteiger partial charge in [-0.05, 0) is 58.0 Å². The summed E-state index contributed by atoms with van der Waals surface area (Å²) in [6, 6.07) is 0.493. The predicted molar refractivity (Wildman–Crippen MR) is 112 cm³/mol. The van der Waals surface area contributed by atoms with Crippen molar-refractivity contribution in [2.24, 2.45) is 5.92 Å². The Morgan fingerprint density at radius 2 is 1.48 bits per heavy atom. The molecule has 0 spiro atoms. The van der Waals surface area contributed by atoms with Gasteiger partial charge in [-0.25, -0.2) is 0 Å². The van der Waals surface area contributed by atoms with Crippen LogP contribution < -0.4 is 10.6 Å². The summed E-state index contributed by atoms with van der Waals surface area (Å²) in [5.74, 6) is 0.838. The molecule has 0 heterocycles. The first-order valence-corrected chi connectivity index (χ1v) is 9.23. The Labute approximate surface area is 148 Å². The van der Waals surface area contributed by atoms with E-state index in [1.54, 1.807) is 0 Å². The molecule has 2 nitrogen and oxygen atoms in total. The quantitative estimate of drug-likeness (QED) is 0.536. The van der Waals surface area contributed by atoms with Gasteiger partial charge in [-0.2, -0.15) is 0 Å². The first-order chi connectivity index (χ1) is 11.0. The minimum Gasteiger partial charge on any atom is -0.319 e. The Morgan fingerprint density at radius 3 is 1.70 bits per heavy atom. The van der Waals surface area contributed by atoms with Crippen molar-refractivity contribution >= 4 is 0 Å². The van der Waals surface area contributed by atoms with E-state index in [-0.39, 0.29) is 0 Å². The van der Waals surface area contributed by atoms with E-state index in [1.165, 1.54) is 17.6 Å². The molecule has 23 heavy (non-hydrogen) atoms. The number of nitrogens with one attached hydrogen (secondary N) is 2. The van der Waals surface area contributed by atoms with Crippen molar-refractivity contribution in [1.82, 2.24) is 10.6 Å². The lowest BCUT2D eigenvalue weighted by Crippen LogP contribution is -2.21. The van der Waals surface area contributed by atoms with Gasteiger partial charge in [-0.15, -0.1) is 0 Å². The van der Waals surface area contributed by atoms with Gasteiger partial charge in [-0.3, -0.25) is 0 Å². The highest BCUT2D eigenvalue weighted by molar-refractivity contribution is 5.30. The maximum absolute atomic E-state index is 3.78. The standard InChI is InChI=1S/C11H19N.C6H15N.2C2H6/c1-6-9(3)11(7-2)8-10(4)12-5;1-4-6(2)5-7-3;2*1-2/h6-7,10,12H,1-2,8H2,3-5H3;6-7H,4-5H2,1-3H3;2*1-2H3/b11-9+;;;. The number of hydrogen-bond acceptors (Lipinski definition) is 2. The summed E-state index contributed by atoms with van der Waals surface area (Å²) in [5.41, 5.74) is 2.49. The van der Waals surface area contributed by atoms with E-state index < -0.39 is 0 Å². The second-order valence-corrected chi connectivity index (χ2v) is 5.08. The third-order valence-corrected chi connectivity index (χ3v) is 3.33. The SMILES string of the molecule is C=C/C(C)=C(\C=C)CC(C)NC.CC.CC.CCC(C)CNC. The summed E-state index contributed by atoms with van der Waals surface area (Å²) in [7, 11) is 3.96. The molecule has 0 rings (SSSR count). The predicted octanol–water partition coefficient (Wildman–Crippen LogP) is 5.98. The fourth-order valence-corrected chi connectivity index (χ4v) is 1.46. The maximum Gasteiger partial charge on any atom is 0.00762 e. The van der Waals surface area contributed by atoms with Crippen LogP contribution in [0.3, 0.4) is 0 Å². The average Bonchev–Trinajstić information content (AvgIpc) is 2.62. The van der Waals surface area contributed by atoms with Gasteiger partial charge < -0.3 is 10.6 Å². The van der Waals surface area contributed by atoms with E-state index in [9.17, 15) is 0 Å². The monoisotopic (exact) mass is 326 g/mol. The van der Waals surface area contributed by atoms with Crippen molar-refractivity contribution in [3.63, 3.8) is 0 Å². The van der Waals surface area contributed by atoms with E-state index in [2.05, 4.69) is 51.5 Å². The van der Waals surface area contributed by atoms with Gasteiger partial charge in [0.05, 0.1) is 0 Å². The Hall–Kier alpha value is -0.860. The molecule has 0 fully saturated rings. The van der Waals surface area contributed by atoms with Crippen molar-refractivity contribution in [1.29, 1.82) is 0 Å². The zero-order valence-corrected chi connectivity index (χ0v) is 17.8. The molecule has 0 aromatic heterocycles. The second kappa shape index (κ2) is 26.1. The lowest BCUT2D eigenvalue weighted by atomic mass is 10.0. The van der Waals surface area contributed by atoms with Crippen molar-refractivity contribution in [3.05, 3.63) is 36.5 Å². The normalized spacial score (nSPS) is 12.6. The van der Waals surface area contributed by atoms with Gasteiger partial charge in [0.2, 0.25) is 0 Å². The molecule has 140 valence electrons. The maximum atomic E-state index is 3.78. The molecular weight excluding hydrogens is 280 g/mol. The van der Waals surface area contributed by atoms with Crippen molar-refractivity contribution in [2.45, 2.75) is 74.3 Å². The number of rotatable bonds is 8. The van der Waals surface area contributed by atoms with Gasteiger partial charge >= 0.3 is 0 Å². The Kier molecular flexibility index (Phi) is 34.1. The van der Waals surface area contributed by atoms with Gasteiger partial charge in [0.15, 0.2) is 0 Å². The summed E-state index contributed by atoms with van der Waals surface area (Å²) in [6.45, 7) is 25.3. The summed E-state index contributed by atoms with van der Waals surface area (Å²) in [5, 5.41) is 6.31. The first kappa shape index (κ1) is 30.1. The fourth-order valence-electron chi connectivity index (χ4n) is 1.46. The molecule has 2 heteroatoms. The summed E-state index contributed by atoms with van der Waals surface area (Å²) < 4.78 is 0. The molecule has 0 saturated carbocycles. The van der Waals surface area contributed by atoms with E-state index in [4.69, 9.17) is 0 Å². The van der Waals surface area contributed by atoms with Crippen LogP contribution in [0.15, 0.2) is 36.5 Å². The van der Waals surface area contributed by atoms with Gasteiger partial charge in [0.25, 0.3) is 0 Å². The van der Waals surface area contributed by atoms with Crippen molar-refractivity contribution in [2.75, 3.05) is 20.6 Å². The minimum atomic E-state index is 0.493. The van der Waals surface area contributed by atoms with Gasteiger partial charge in [-0.1, -0.05) is 73.3 Å². The third-order valence-electron chi connectivity index (χ3n) is 3.33.